The van der Waals surface area contributed by atoms with Crippen molar-refractivity contribution in [1.82, 2.24) is 9.29 Å². The van der Waals surface area contributed by atoms with E-state index in [1.54, 1.807) is 6.07 Å². The molecule has 0 spiro atoms. The van der Waals surface area contributed by atoms with Gasteiger partial charge in [0, 0.05) is 19.2 Å². The molecule has 0 aliphatic heterocycles. The van der Waals surface area contributed by atoms with Gasteiger partial charge in [-0.1, -0.05) is 30.3 Å². The first-order chi connectivity index (χ1) is 12.0. The molecule has 1 heterocycles. The Morgan fingerprint density at radius 3 is 2.60 bits per heavy atom. The van der Waals surface area contributed by atoms with Gasteiger partial charge in [-0.3, -0.25) is 4.57 Å². The lowest BCUT2D eigenvalue weighted by atomic mass is 10.1. The van der Waals surface area contributed by atoms with Crippen LogP contribution in [0.2, 0.25) is 0 Å². The highest BCUT2D eigenvalue weighted by Gasteiger charge is 2.16. The van der Waals surface area contributed by atoms with Crippen LogP contribution in [0.5, 0.6) is 0 Å². The summed E-state index contributed by atoms with van der Waals surface area (Å²) in [6.07, 6.45) is 1.50. The van der Waals surface area contributed by atoms with E-state index in [0.29, 0.717) is 25.0 Å². The molecule has 0 amide bonds. The second-order valence-electron chi connectivity index (χ2n) is 5.73. The molecule has 6 nitrogen and oxygen atoms in total. The molecule has 7 heteroatoms. The van der Waals surface area contributed by atoms with Crippen LogP contribution in [-0.4, -0.2) is 19.5 Å². The zero-order valence-corrected chi connectivity index (χ0v) is 14.8. The first-order valence-electron chi connectivity index (χ1n) is 8.18. The first-order valence-corrected chi connectivity index (χ1v) is 9.66. The highest BCUT2D eigenvalue weighted by atomic mass is 32.2. The number of fused-ring (bicyclic) bond motifs is 1. The molecule has 0 bridgehead atoms. The maximum atomic E-state index is 12.4. The molecule has 0 aliphatic carbocycles. The van der Waals surface area contributed by atoms with Crippen molar-refractivity contribution in [2.75, 3.05) is 6.54 Å². The van der Waals surface area contributed by atoms with Gasteiger partial charge in [-0.15, -0.1) is 0 Å². The van der Waals surface area contributed by atoms with Gasteiger partial charge in [0.25, 0.3) is 0 Å². The summed E-state index contributed by atoms with van der Waals surface area (Å²) in [5.41, 5.74) is 2.04. The number of nitrogens with one attached hydrogen (secondary N) is 1. The van der Waals surface area contributed by atoms with Gasteiger partial charge < -0.3 is 4.42 Å². The Balaban J connectivity index is 1.69. The number of hydrogen-bond acceptors (Lipinski definition) is 4. The van der Waals surface area contributed by atoms with Crippen LogP contribution in [0.1, 0.15) is 18.9 Å². The van der Waals surface area contributed by atoms with E-state index < -0.39 is 15.8 Å². The third kappa shape index (κ3) is 3.83. The van der Waals surface area contributed by atoms with Crippen molar-refractivity contribution in [3.05, 3.63) is 64.6 Å². The summed E-state index contributed by atoms with van der Waals surface area (Å²) in [6, 6.07) is 14.4. The monoisotopic (exact) mass is 360 g/mol. The number of benzene rings is 2. The molecular weight excluding hydrogens is 340 g/mol. The summed E-state index contributed by atoms with van der Waals surface area (Å²) in [5.74, 6) is -0.483. The van der Waals surface area contributed by atoms with Crippen LogP contribution in [0.4, 0.5) is 0 Å². The number of rotatable bonds is 7. The van der Waals surface area contributed by atoms with Gasteiger partial charge in [0.05, 0.1) is 10.4 Å². The Morgan fingerprint density at radius 2 is 1.88 bits per heavy atom. The predicted octanol–water partition coefficient (Wildman–Crippen LogP) is 2.53. The summed E-state index contributed by atoms with van der Waals surface area (Å²) < 4.78 is 34.0. The SMILES string of the molecule is CCn1c(=O)oc2cc(S(=O)(=O)NCCCc3ccccc3)ccc21. The Hall–Kier alpha value is -2.38. The fourth-order valence-electron chi connectivity index (χ4n) is 2.74. The van der Waals surface area contributed by atoms with Crippen molar-refractivity contribution in [3.8, 4) is 0 Å². The lowest BCUT2D eigenvalue weighted by molar-refractivity contribution is 0.512. The van der Waals surface area contributed by atoms with Crippen molar-refractivity contribution in [3.63, 3.8) is 0 Å². The van der Waals surface area contributed by atoms with Gasteiger partial charge in [-0.05, 0) is 37.5 Å². The smallest absolute Gasteiger partial charge is 0.408 e. The minimum absolute atomic E-state index is 0.0942. The Labute approximate surface area is 146 Å². The molecule has 1 N–H and O–H groups in total. The van der Waals surface area contributed by atoms with Crippen LogP contribution in [0.25, 0.3) is 11.1 Å². The maximum Gasteiger partial charge on any atom is 0.419 e. The standard InChI is InChI=1S/C18H20N2O4S/c1-2-20-16-11-10-15(13-17(16)24-18(20)21)25(22,23)19-12-6-9-14-7-4-3-5-8-14/h3-5,7-8,10-11,13,19H,2,6,9,12H2,1H3. The molecule has 3 aromatic rings. The molecule has 0 radical (unpaired) electrons. The molecule has 0 fully saturated rings. The van der Waals surface area contributed by atoms with E-state index in [4.69, 9.17) is 4.42 Å². The van der Waals surface area contributed by atoms with Crippen molar-refractivity contribution >= 4 is 21.1 Å². The summed E-state index contributed by atoms with van der Waals surface area (Å²) in [5, 5.41) is 0. The maximum absolute atomic E-state index is 12.4. The van der Waals surface area contributed by atoms with Gasteiger partial charge in [0.2, 0.25) is 10.0 Å². The third-order valence-corrected chi connectivity index (χ3v) is 5.50. The summed E-state index contributed by atoms with van der Waals surface area (Å²) in [7, 11) is -3.64. The molecule has 132 valence electrons. The van der Waals surface area contributed by atoms with Crippen molar-refractivity contribution in [2.45, 2.75) is 31.2 Å². The van der Waals surface area contributed by atoms with Gasteiger partial charge in [0.15, 0.2) is 5.58 Å². The second kappa shape index (κ2) is 7.25. The zero-order valence-electron chi connectivity index (χ0n) is 13.9. The van der Waals surface area contributed by atoms with Crippen LogP contribution in [-0.2, 0) is 23.0 Å². The van der Waals surface area contributed by atoms with Crippen molar-refractivity contribution < 1.29 is 12.8 Å². The van der Waals surface area contributed by atoms with Crippen LogP contribution >= 0.6 is 0 Å². The van der Waals surface area contributed by atoms with E-state index in [1.807, 2.05) is 37.3 Å². The highest BCUT2D eigenvalue weighted by molar-refractivity contribution is 7.89. The van der Waals surface area contributed by atoms with Gasteiger partial charge in [-0.2, -0.15) is 0 Å². The molecular formula is C18H20N2O4S. The van der Waals surface area contributed by atoms with E-state index in [9.17, 15) is 13.2 Å². The Morgan fingerprint density at radius 1 is 1.12 bits per heavy atom. The Kier molecular flexibility index (Phi) is 5.06. The van der Waals surface area contributed by atoms with Crippen molar-refractivity contribution in [1.29, 1.82) is 0 Å². The Bertz CT molecular complexity index is 1020. The molecule has 25 heavy (non-hydrogen) atoms. The van der Waals surface area contributed by atoms with E-state index in [-0.39, 0.29) is 10.5 Å². The van der Waals surface area contributed by atoms with Crippen LogP contribution < -0.4 is 10.5 Å². The van der Waals surface area contributed by atoms with E-state index in [1.165, 1.54) is 22.3 Å². The summed E-state index contributed by atoms with van der Waals surface area (Å²) in [6.45, 7) is 2.64. The number of aryl methyl sites for hydroxylation is 2. The molecule has 0 atom stereocenters. The topological polar surface area (TPSA) is 81.3 Å². The van der Waals surface area contributed by atoms with Crippen molar-refractivity contribution in [2.24, 2.45) is 0 Å². The average Bonchev–Trinajstić information content (AvgIpc) is 2.93. The highest BCUT2D eigenvalue weighted by Crippen LogP contribution is 2.18. The molecule has 0 saturated heterocycles. The molecule has 0 saturated carbocycles. The largest absolute Gasteiger partial charge is 0.419 e. The average molecular weight is 360 g/mol. The van der Waals surface area contributed by atoms with E-state index in [2.05, 4.69) is 4.72 Å². The third-order valence-electron chi connectivity index (χ3n) is 4.04. The number of sulfonamides is 1. The minimum Gasteiger partial charge on any atom is -0.408 e. The van der Waals surface area contributed by atoms with Gasteiger partial charge >= 0.3 is 5.76 Å². The molecule has 1 aromatic heterocycles. The lowest BCUT2D eigenvalue weighted by Gasteiger charge is -2.07. The number of hydrogen-bond donors (Lipinski definition) is 1. The molecule has 3 rings (SSSR count). The summed E-state index contributed by atoms with van der Waals surface area (Å²) in [4.78, 5) is 11.8. The first kappa shape index (κ1) is 17.4. The van der Waals surface area contributed by atoms with E-state index >= 15 is 0 Å². The molecule has 0 aliphatic rings. The van der Waals surface area contributed by atoms with Gasteiger partial charge in [-0.25, -0.2) is 17.9 Å². The second-order valence-corrected chi connectivity index (χ2v) is 7.50. The van der Waals surface area contributed by atoms with Crippen LogP contribution in [0.15, 0.2) is 62.6 Å². The van der Waals surface area contributed by atoms with Gasteiger partial charge in [0.1, 0.15) is 0 Å². The number of nitrogens with zero attached hydrogens (tertiary/aromatic N) is 1. The van der Waals surface area contributed by atoms with Crippen LogP contribution in [0.3, 0.4) is 0 Å². The lowest BCUT2D eigenvalue weighted by Crippen LogP contribution is -2.25. The minimum atomic E-state index is -3.64. The fourth-order valence-corrected chi connectivity index (χ4v) is 3.83. The molecule has 2 aromatic carbocycles. The number of aromatic nitrogens is 1. The summed E-state index contributed by atoms with van der Waals surface area (Å²) >= 11 is 0. The normalized spacial score (nSPS) is 11.9. The number of oxazole rings is 1. The quantitative estimate of drug-likeness (QED) is 0.657. The van der Waals surface area contributed by atoms with Crippen LogP contribution in [0, 0.1) is 0 Å². The van der Waals surface area contributed by atoms with E-state index in [0.717, 1.165) is 6.42 Å². The molecule has 0 unspecified atom stereocenters. The zero-order chi connectivity index (χ0) is 17.9. The fraction of sp³-hybridized carbons (Fsp3) is 0.278. The predicted molar refractivity (Wildman–Crippen MR) is 96.1 cm³/mol.